The summed E-state index contributed by atoms with van der Waals surface area (Å²) in [6.45, 7) is 2.03. The molecule has 0 atom stereocenters. The Balaban J connectivity index is 2.24. The van der Waals surface area contributed by atoms with Crippen molar-refractivity contribution in [2.45, 2.75) is 19.8 Å². The third-order valence-electron chi connectivity index (χ3n) is 2.84. The van der Waals surface area contributed by atoms with Crippen LogP contribution >= 0.6 is 27.5 Å². The molecule has 19 heavy (non-hydrogen) atoms. The Morgan fingerprint density at radius 1 is 1.47 bits per heavy atom. The van der Waals surface area contributed by atoms with Crippen molar-refractivity contribution in [1.29, 1.82) is 0 Å². The van der Waals surface area contributed by atoms with E-state index in [9.17, 15) is 4.79 Å². The van der Waals surface area contributed by atoms with Crippen LogP contribution in [0.25, 0.3) is 0 Å². The van der Waals surface area contributed by atoms with Gasteiger partial charge in [0.25, 0.3) is 0 Å². The molecule has 0 unspecified atom stereocenters. The molecule has 2 heterocycles. The highest BCUT2D eigenvalue weighted by Crippen LogP contribution is 2.23. The molecule has 6 heteroatoms. The number of nitrogens with zero attached hydrogens (tertiary/aromatic N) is 3. The minimum Gasteiger partial charge on any atom is -0.292 e. The second kappa shape index (κ2) is 5.84. The zero-order chi connectivity index (χ0) is 14.0. The molecule has 2 rings (SSSR count). The van der Waals surface area contributed by atoms with Crippen LogP contribution in [0.1, 0.15) is 28.8 Å². The maximum atomic E-state index is 12.2. The van der Waals surface area contributed by atoms with Crippen LogP contribution in [-0.4, -0.2) is 20.5 Å². The predicted octanol–water partition coefficient (Wildman–Crippen LogP) is 3.22. The Morgan fingerprint density at radius 3 is 2.74 bits per heavy atom. The van der Waals surface area contributed by atoms with Crippen molar-refractivity contribution in [2.24, 2.45) is 7.05 Å². The molecule has 0 aliphatic carbocycles. The molecule has 2 aromatic rings. The van der Waals surface area contributed by atoms with Gasteiger partial charge in [-0.25, -0.2) is 0 Å². The maximum absolute atomic E-state index is 12.2. The van der Waals surface area contributed by atoms with Gasteiger partial charge in [0.2, 0.25) is 0 Å². The van der Waals surface area contributed by atoms with Gasteiger partial charge in [-0.15, -0.1) is 0 Å². The van der Waals surface area contributed by atoms with E-state index in [-0.39, 0.29) is 12.2 Å². The van der Waals surface area contributed by atoms with Gasteiger partial charge in [-0.2, -0.15) is 5.10 Å². The molecule has 4 nitrogen and oxygen atoms in total. The number of aromatic nitrogens is 3. The number of rotatable bonds is 4. The number of Topliss-reactive ketones (excluding diaryl/α,β-unsaturated/α-hetero) is 1. The van der Waals surface area contributed by atoms with E-state index in [0.717, 1.165) is 22.3 Å². The number of hydrogen-bond donors (Lipinski definition) is 0. The number of carbonyl (C=O) groups excluding carboxylic acids is 1. The van der Waals surface area contributed by atoms with Gasteiger partial charge >= 0.3 is 0 Å². The van der Waals surface area contributed by atoms with Crippen LogP contribution in [0, 0.1) is 0 Å². The Labute approximate surface area is 124 Å². The summed E-state index contributed by atoms with van der Waals surface area (Å²) in [5, 5.41) is 4.89. The first kappa shape index (κ1) is 14.2. The fourth-order valence-corrected chi connectivity index (χ4v) is 2.66. The highest BCUT2D eigenvalue weighted by atomic mass is 79.9. The van der Waals surface area contributed by atoms with Crippen LogP contribution in [0.2, 0.25) is 5.02 Å². The van der Waals surface area contributed by atoms with Gasteiger partial charge < -0.3 is 0 Å². The largest absolute Gasteiger partial charge is 0.292 e. The summed E-state index contributed by atoms with van der Waals surface area (Å²) in [6.07, 6.45) is 2.56. The zero-order valence-electron chi connectivity index (χ0n) is 10.7. The standard InChI is InChI=1S/C13H13BrClN3O/c1-3-9-13(14)11(18(2)17-9)6-12(19)10-5-4-8(15)7-16-10/h4-5,7H,3,6H2,1-2H3. The molecule has 0 N–H and O–H groups in total. The lowest BCUT2D eigenvalue weighted by Crippen LogP contribution is -2.09. The maximum Gasteiger partial charge on any atom is 0.187 e. The average molecular weight is 343 g/mol. The predicted molar refractivity (Wildman–Crippen MR) is 77.6 cm³/mol. The molecule has 0 radical (unpaired) electrons. The van der Waals surface area contributed by atoms with Gasteiger partial charge in [-0.3, -0.25) is 14.5 Å². The first-order chi connectivity index (χ1) is 9.02. The van der Waals surface area contributed by atoms with E-state index in [1.807, 2.05) is 14.0 Å². The molecule has 0 aromatic carbocycles. The molecular formula is C13H13BrClN3O. The minimum atomic E-state index is -0.0528. The third kappa shape index (κ3) is 3.04. The molecule has 0 aliphatic heterocycles. The third-order valence-corrected chi connectivity index (χ3v) is 3.98. The van der Waals surface area contributed by atoms with Crippen molar-refractivity contribution >= 4 is 33.3 Å². The van der Waals surface area contributed by atoms with E-state index in [1.165, 1.54) is 6.20 Å². The van der Waals surface area contributed by atoms with E-state index in [1.54, 1.807) is 16.8 Å². The van der Waals surface area contributed by atoms with Gasteiger partial charge in [0.05, 0.1) is 27.3 Å². The molecule has 2 aromatic heterocycles. The van der Waals surface area contributed by atoms with Crippen LogP contribution in [0.5, 0.6) is 0 Å². The smallest absolute Gasteiger partial charge is 0.187 e. The summed E-state index contributed by atoms with van der Waals surface area (Å²) < 4.78 is 2.64. The lowest BCUT2D eigenvalue weighted by Gasteiger charge is -2.02. The molecule has 100 valence electrons. The van der Waals surface area contributed by atoms with Crippen LogP contribution in [0.4, 0.5) is 0 Å². The van der Waals surface area contributed by atoms with Gasteiger partial charge in [0.1, 0.15) is 5.69 Å². The summed E-state index contributed by atoms with van der Waals surface area (Å²) in [7, 11) is 1.84. The van der Waals surface area contributed by atoms with Gasteiger partial charge in [0, 0.05) is 13.2 Å². The van der Waals surface area contributed by atoms with Crippen molar-refractivity contribution in [1.82, 2.24) is 14.8 Å². The van der Waals surface area contributed by atoms with E-state index in [4.69, 9.17) is 11.6 Å². The Bertz CT molecular complexity index is 607. The fraction of sp³-hybridized carbons (Fsp3) is 0.308. The SMILES string of the molecule is CCc1nn(C)c(CC(=O)c2ccc(Cl)cn2)c1Br. The van der Waals surface area contributed by atoms with Gasteiger partial charge in [-0.1, -0.05) is 18.5 Å². The van der Waals surface area contributed by atoms with E-state index >= 15 is 0 Å². The Hall–Kier alpha value is -1.20. The van der Waals surface area contributed by atoms with Crippen molar-refractivity contribution < 1.29 is 4.79 Å². The first-order valence-electron chi connectivity index (χ1n) is 5.88. The van der Waals surface area contributed by atoms with Crippen LogP contribution in [-0.2, 0) is 19.9 Å². The van der Waals surface area contributed by atoms with Crippen LogP contribution in [0.3, 0.4) is 0 Å². The summed E-state index contributed by atoms with van der Waals surface area (Å²) >= 11 is 9.25. The summed E-state index contributed by atoms with van der Waals surface area (Å²) in [5.74, 6) is -0.0528. The van der Waals surface area contributed by atoms with Crippen LogP contribution < -0.4 is 0 Å². The average Bonchev–Trinajstić information content (AvgIpc) is 2.67. The van der Waals surface area contributed by atoms with Crippen molar-refractivity contribution in [2.75, 3.05) is 0 Å². The molecule has 0 aliphatic rings. The highest BCUT2D eigenvalue weighted by molar-refractivity contribution is 9.10. The monoisotopic (exact) mass is 341 g/mol. The molecule has 0 amide bonds. The van der Waals surface area contributed by atoms with Crippen LogP contribution in [0.15, 0.2) is 22.8 Å². The molecule has 0 bridgehead atoms. The molecular weight excluding hydrogens is 330 g/mol. The molecule has 0 fully saturated rings. The molecule has 0 saturated carbocycles. The lowest BCUT2D eigenvalue weighted by atomic mass is 10.1. The summed E-state index contributed by atoms with van der Waals surface area (Å²) in [5.41, 5.74) is 2.23. The van der Waals surface area contributed by atoms with Crippen molar-refractivity contribution in [3.05, 3.63) is 44.9 Å². The number of ketones is 1. The molecule has 0 spiro atoms. The van der Waals surface area contributed by atoms with Crippen molar-refractivity contribution in [3.63, 3.8) is 0 Å². The zero-order valence-corrected chi connectivity index (χ0v) is 13.0. The van der Waals surface area contributed by atoms with E-state index in [0.29, 0.717) is 10.7 Å². The Morgan fingerprint density at radius 2 is 2.21 bits per heavy atom. The number of halogens is 2. The summed E-state index contributed by atoms with van der Waals surface area (Å²) in [4.78, 5) is 16.2. The lowest BCUT2D eigenvalue weighted by molar-refractivity contribution is 0.0986. The minimum absolute atomic E-state index is 0.0528. The van der Waals surface area contributed by atoms with Gasteiger partial charge in [0.15, 0.2) is 5.78 Å². The van der Waals surface area contributed by atoms with E-state index in [2.05, 4.69) is 26.0 Å². The van der Waals surface area contributed by atoms with Crippen molar-refractivity contribution in [3.8, 4) is 0 Å². The molecule has 0 saturated heterocycles. The second-order valence-corrected chi connectivity index (χ2v) is 5.38. The highest BCUT2D eigenvalue weighted by Gasteiger charge is 2.17. The Kier molecular flexibility index (Phi) is 4.37. The normalized spacial score (nSPS) is 10.7. The second-order valence-electron chi connectivity index (χ2n) is 4.15. The number of hydrogen-bond acceptors (Lipinski definition) is 3. The number of carbonyl (C=O) groups is 1. The quantitative estimate of drug-likeness (QED) is 0.802. The first-order valence-corrected chi connectivity index (χ1v) is 7.05. The number of pyridine rings is 1. The number of aryl methyl sites for hydroxylation is 2. The fourth-order valence-electron chi connectivity index (χ4n) is 1.80. The van der Waals surface area contributed by atoms with E-state index < -0.39 is 0 Å². The summed E-state index contributed by atoms with van der Waals surface area (Å²) in [6, 6.07) is 3.30. The van der Waals surface area contributed by atoms with Gasteiger partial charge in [-0.05, 0) is 34.5 Å². The topological polar surface area (TPSA) is 47.8 Å².